The second-order valence-electron chi connectivity index (χ2n) is 6.76. The molecule has 0 N–H and O–H groups in total. The van der Waals surface area contributed by atoms with E-state index < -0.39 is 16.6 Å². The Balaban J connectivity index is 1.55. The van der Waals surface area contributed by atoms with E-state index in [-0.39, 0.29) is 0 Å². The third-order valence-electron chi connectivity index (χ3n) is 5.79. The molecule has 84 valence electrons. The van der Waals surface area contributed by atoms with E-state index in [9.17, 15) is 0 Å². The molecule has 0 unspecified atom stereocenters. The predicted octanol–water partition coefficient (Wildman–Crippen LogP) is 3.74. The first-order valence-corrected chi connectivity index (χ1v) is 12.0. The minimum absolute atomic E-state index is 1.10. The highest BCUT2D eigenvalue weighted by atomic mass is 28.4. The molecule has 1 nitrogen and oxygen atoms in total. The van der Waals surface area contributed by atoms with Gasteiger partial charge in [-0.15, -0.1) is 0 Å². The molecule has 3 heteroatoms. The fourth-order valence-corrected chi connectivity index (χ4v) is 19.0. The van der Waals surface area contributed by atoms with Crippen molar-refractivity contribution in [2.75, 3.05) is 0 Å². The van der Waals surface area contributed by atoms with E-state index >= 15 is 0 Å². The first-order valence-electron chi connectivity index (χ1n) is 6.98. The van der Waals surface area contributed by atoms with Crippen molar-refractivity contribution in [2.45, 2.75) is 61.9 Å². The molecule has 4 aliphatic heterocycles. The van der Waals surface area contributed by atoms with Crippen LogP contribution in [0.1, 0.15) is 25.7 Å². The molecule has 0 radical (unpaired) electrons. The van der Waals surface area contributed by atoms with Crippen LogP contribution in [0.5, 0.6) is 0 Å². The van der Waals surface area contributed by atoms with E-state index in [1.807, 2.05) is 0 Å². The Morgan fingerprint density at radius 2 is 1.07 bits per heavy atom. The largest absolute Gasteiger partial charge is 0.455 e. The van der Waals surface area contributed by atoms with Gasteiger partial charge in [-0.2, -0.15) is 0 Å². The van der Waals surface area contributed by atoms with Gasteiger partial charge in [0.2, 0.25) is 0 Å². The smallest absolute Gasteiger partial charge is 0.179 e. The maximum Gasteiger partial charge on any atom is 0.179 e. The third kappa shape index (κ3) is 1.36. The molecule has 15 heavy (non-hydrogen) atoms. The quantitative estimate of drug-likeness (QED) is 0.666. The molecule has 0 aromatic heterocycles. The van der Waals surface area contributed by atoms with E-state index in [2.05, 4.69) is 0 Å². The van der Waals surface area contributed by atoms with Gasteiger partial charge in [0.05, 0.1) is 0 Å². The highest BCUT2D eigenvalue weighted by Gasteiger charge is 2.56. The van der Waals surface area contributed by atoms with E-state index in [0.29, 0.717) is 0 Å². The molecule has 4 fully saturated rings. The van der Waals surface area contributed by atoms with Gasteiger partial charge in [-0.1, -0.05) is 25.7 Å². The lowest BCUT2D eigenvalue weighted by molar-refractivity contribution is 0.511. The maximum absolute atomic E-state index is 7.01. The molecule has 0 aliphatic carbocycles. The topological polar surface area (TPSA) is 9.23 Å². The van der Waals surface area contributed by atoms with Gasteiger partial charge in [0.15, 0.2) is 16.6 Å². The van der Waals surface area contributed by atoms with Crippen LogP contribution in [0, 0.1) is 11.8 Å². The zero-order valence-corrected chi connectivity index (χ0v) is 11.6. The van der Waals surface area contributed by atoms with E-state index in [4.69, 9.17) is 4.12 Å². The number of hydrogen-bond acceptors (Lipinski definition) is 1. The monoisotopic (exact) mass is 238 g/mol. The van der Waals surface area contributed by atoms with Crippen LogP contribution in [-0.2, 0) is 4.12 Å². The summed E-state index contributed by atoms with van der Waals surface area (Å²) in [5.41, 5.74) is 0. The highest BCUT2D eigenvalue weighted by Crippen LogP contribution is 2.55. The summed E-state index contributed by atoms with van der Waals surface area (Å²) < 4.78 is 7.01. The molecule has 0 aromatic rings. The van der Waals surface area contributed by atoms with E-state index in [0.717, 1.165) is 11.8 Å². The third-order valence-corrected chi connectivity index (χ3v) is 16.7. The van der Waals surface area contributed by atoms with Crippen LogP contribution in [0.25, 0.3) is 0 Å². The van der Waals surface area contributed by atoms with Crippen LogP contribution in [0.4, 0.5) is 0 Å². The van der Waals surface area contributed by atoms with Gasteiger partial charge in [-0.05, 0) is 48.1 Å². The summed E-state index contributed by atoms with van der Waals surface area (Å²) in [7, 11) is -2.20. The summed E-state index contributed by atoms with van der Waals surface area (Å²) in [5, 5.41) is 0. The average molecular weight is 238 g/mol. The molecular weight excluding hydrogens is 216 g/mol. The van der Waals surface area contributed by atoms with E-state index in [1.54, 1.807) is 61.9 Å². The van der Waals surface area contributed by atoms with Crippen molar-refractivity contribution in [3.8, 4) is 0 Å². The first-order chi connectivity index (χ1) is 7.28. The highest BCUT2D eigenvalue weighted by molar-refractivity contribution is 6.88. The molecular formula is C12H22OSi2. The molecule has 4 heterocycles. The van der Waals surface area contributed by atoms with Crippen molar-refractivity contribution in [3.05, 3.63) is 0 Å². The van der Waals surface area contributed by atoms with Crippen molar-refractivity contribution >= 4 is 16.6 Å². The Hall–Kier alpha value is 0.394. The fraction of sp³-hybridized carbons (Fsp3) is 1.00. The summed E-state index contributed by atoms with van der Waals surface area (Å²) >= 11 is 0. The summed E-state index contributed by atoms with van der Waals surface area (Å²) in [6.45, 7) is 0. The number of fused-ring (bicyclic) bond motifs is 4. The van der Waals surface area contributed by atoms with Crippen LogP contribution in [0.2, 0.25) is 36.3 Å². The van der Waals surface area contributed by atoms with Crippen molar-refractivity contribution < 1.29 is 4.12 Å². The van der Waals surface area contributed by atoms with Crippen LogP contribution in [0.15, 0.2) is 0 Å². The molecule has 4 saturated heterocycles. The van der Waals surface area contributed by atoms with Crippen LogP contribution in [-0.4, -0.2) is 16.6 Å². The molecule has 0 aromatic carbocycles. The summed E-state index contributed by atoms with van der Waals surface area (Å²) in [5.74, 6) is 2.22. The van der Waals surface area contributed by atoms with Gasteiger partial charge in [0.25, 0.3) is 0 Å². The molecule has 0 amide bonds. The minimum Gasteiger partial charge on any atom is -0.455 e. The summed E-state index contributed by atoms with van der Waals surface area (Å²) in [6.07, 6.45) is 6.17. The second kappa shape index (κ2) is 2.99. The molecule has 4 bridgehead atoms. The standard InChI is InChI=1S/C12H22OSi2/c1-5-14(6-2-11(1)9-14)13-15-7-3-12(10-15)4-8-15/h11-12H,1-10H2. The zero-order chi connectivity index (χ0) is 9.93. The van der Waals surface area contributed by atoms with Crippen molar-refractivity contribution in [3.63, 3.8) is 0 Å². The average Bonchev–Trinajstić information content (AvgIpc) is 2.95. The fourth-order valence-electron chi connectivity index (χ4n) is 5.02. The maximum atomic E-state index is 7.01. The van der Waals surface area contributed by atoms with Gasteiger partial charge in [0, 0.05) is 0 Å². The van der Waals surface area contributed by atoms with Crippen LogP contribution in [0.3, 0.4) is 0 Å². The summed E-state index contributed by atoms with van der Waals surface area (Å²) in [6, 6.07) is 9.36. The lowest BCUT2D eigenvalue weighted by Crippen LogP contribution is -2.46. The number of hydrogen-bond donors (Lipinski definition) is 0. The van der Waals surface area contributed by atoms with Gasteiger partial charge in [0.1, 0.15) is 0 Å². The first kappa shape index (κ1) is 9.43. The number of rotatable bonds is 2. The van der Waals surface area contributed by atoms with E-state index in [1.165, 1.54) is 0 Å². The molecule has 0 atom stereocenters. The Bertz CT molecular complexity index is 247. The van der Waals surface area contributed by atoms with Gasteiger partial charge in [-0.25, -0.2) is 0 Å². The SMILES string of the molecule is C1C[Si]2(O[Si]34CCC(CC3)C4)CCC1C2. The Kier molecular flexibility index (Phi) is 1.88. The Labute approximate surface area is 94.9 Å². The Morgan fingerprint density at radius 3 is 1.33 bits per heavy atom. The van der Waals surface area contributed by atoms with Crippen molar-refractivity contribution in [1.82, 2.24) is 0 Å². The van der Waals surface area contributed by atoms with Crippen molar-refractivity contribution in [1.29, 1.82) is 0 Å². The molecule has 0 spiro atoms. The summed E-state index contributed by atoms with van der Waals surface area (Å²) in [4.78, 5) is 0. The lowest BCUT2D eigenvalue weighted by Gasteiger charge is -2.36. The predicted molar refractivity (Wildman–Crippen MR) is 66.9 cm³/mol. The van der Waals surface area contributed by atoms with Crippen LogP contribution < -0.4 is 0 Å². The Morgan fingerprint density at radius 1 is 0.667 bits per heavy atom. The normalized spacial score (nSPS) is 56.8. The lowest BCUT2D eigenvalue weighted by atomic mass is 10.1. The molecule has 0 saturated carbocycles. The van der Waals surface area contributed by atoms with Gasteiger partial charge >= 0.3 is 0 Å². The van der Waals surface area contributed by atoms with Gasteiger partial charge < -0.3 is 4.12 Å². The second-order valence-corrected chi connectivity index (χ2v) is 15.1. The molecule has 4 rings (SSSR count). The van der Waals surface area contributed by atoms with Gasteiger partial charge in [-0.3, -0.25) is 0 Å². The minimum atomic E-state index is -1.10. The van der Waals surface area contributed by atoms with Crippen LogP contribution >= 0.6 is 0 Å². The zero-order valence-electron chi connectivity index (χ0n) is 9.63. The van der Waals surface area contributed by atoms with Crippen molar-refractivity contribution in [2.24, 2.45) is 11.8 Å². The molecule has 4 aliphatic rings.